The first-order valence-corrected chi connectivity index (χ1v) is 7.33. The third-order valence-electron chi connectivity index (χ3n) is 2.22. The van der Waals surface area contributed by atoms with Gasteiger partial charge in [-0.25, -0.2) is 9.97 Å². The lowest BCUT2D eigenvalue weighted by molar-refractivity contribution is 0.196. The fraction of sp³-hybridized carbons (Fsp3) is 0.636. The minimum Gasteiger partial charge on any atom is -0.392 e. The highest BCUT2D eigenvalue weighted by atomic mass is 79.9. The number of halogens is 1. The van der Waals surface area contributed by atoms with Crippen LogP contribution in [0.1, 0.15) is 27.2 Å². The molecule has 0 aromatic carbocycles. The van der Waals surface area contributed by atoms with Gasteiger partial charge in [0, 0.05) is 18.0 Å². The molecule has 2 N–H and O–H groups in total. The molecule has 0 aliphatic carbocycles. The molecule has 4 nitrogen and oxygen atoms in total. The Balaban J connectivity index is 2.75. The van der Waals surface area contributed by atoms with Crippen LogP contribution < -0.4 is 5.32 Å². The molecular weight excluding hydrogens is 302 g/mol. The summed E-state index contributed by atoms with van der Waals surface area (Å²) < 4.78 is 0.858. The molecule has 1 rings (SSSR count). The van der Waals surface area contributed by atoms with Crippen LogP contribution in [-0.4, -0.2) is 33.0 Å². The average molecular weight is 320 g/mol. The molecule has 0 saturated carbocycles. The predicted octanol–water partition coefficient (Wildman–Crippen LogP) is 2.92. The Labute approximate surface area is 115 Å². The Morgan fingerprint density at radius 2 is 2.24 bits per heavy atom. The maximum absolute atomic E-state index is 9.49. The summed E-state index contributed by atoms with van der Waals surface area (Å²) in [6, 6.07) is 0. The zero-order valence-corrected chi connectivity index (χ0v) is 12.7. The zero-order valence-electron chi connectivity index (χ0n) is 10.3. The summed E-state index contributed by atoms with van der Waals surface area (Å²) in [4.78, 5) is 8.60. The van der Waals surface area contributed by atoms with Gasteiger partial charge in [-0.2, -0.15) is 0 Å². The van der Waals surface area contributed by atoms with Crippen molar-refractivity contribution < 1.29 is 5.11 Å². The van der Waals surface area contributed by atoms with Crippen molar-refractivity contribution >= 4 is 33.6 Å². The molecule has 0 spiro atoms. The second-order valence-corrected chi connectivity index (χ2v) is 6.06. The van der Waals surface area contributed by atoms with Gasteiger partial charge in [-0.15, -0.1) is 0 Å². The Bertz CT molecular complexity index is 363. The third-order valence-corrected chi connectivity index (χ3v) is 4.36. The van der Waals surface area contributed by atoms with E-state index in [4.69, 9.17) is 0 Å². The van der Waals surface area contributed by atoms with E-state index in [0.29, 0.717) is 5.95 Å². The van der Waals surface area contributed by atoms with Crippen LogP contribution in [0.25, 0.3) is 0 Å². The number of anilines is 1. The molecule has 0 aliphatic rings. The maximum atomic E-state index is 9.49. The van der Waals surface area contributed by atoms with Crippen molar-refractivity contribution in [3.63, 3.8) is 0 Å². The van der Waals surface area contributed by atoms with Crippen molar-refractivity contribution in [1.82, 2.24) is 9.97 Å². The number of hydrogen-bond acceptors (Lipinski definition) is 5. The van der Waals surface area contributed by atoms with Crippen molar-refractivity contribution in [2.24, 2.45) is 0 Å². The SMILES string of the molecule is CCCNc1ncc(Br)c(SC(C)C(C)O)n1. The van der Waals surface area contributed by atoms with E-state index in [2.05, 4.69) is 38.1 Å². The van der Waals surface area contributed by atoms with Crippen LogP contribution in [0.5, 0.6) is 0 Å². The van der Waals surface area contributed by atoms with E-state index in [-0.39, 0.29) is 11.4 Å². The van der Waals surface area contributed by atoms with Gasteiger partial charge in [0.15, 0.2) is 0 Å². The summed E-state index contributed by atoms with van der Waals surface area (Å²) in [7, 11) is 0. The molecule has 1 heterocycles. The van der Waals surface area contributed by atoms with Crippen LogP contribution in [-0.2, 0) is 0 Å². The normalized spacial score (nSPS) is 14.4. The number of thioether (sulfide) groups is 1. The summed E-state index contributed by atoms with van der Waals surface area (Å²) in [6.07, 6.45) is 2.41. The molecule has 2 unspecified atom stereocenters. The number of aliphatic hydroxyl groups is 1. The number of nitrogens with one attached hydrogen (secondary N) is 1. The molecule has 6 heteroatoms. The van der Waals surface area contributed by atoms with Crippen LogP contribution in [0.3, 0.4) is 0 Å². The molecule has 1 aromatic rings. The molecule has 17 heavy (non-hydrogen) atoms. The van der Waals surface area contributed by atoms with Gasteiger partial charge >= 0.3 is 0 Å². The average Bonchev–Trinajstić information content (AvgIpc) is 2.29. The van der Waals surface area contributed by atoms with E-state index >= 15 is 0 Å². The highest BCUT2D eigenvalue weighted by molar-refractivity contribution is 9.10. The lowest BCUT2D eigenvalue weighted by atomic mass is 10.3. The fourth-order valence-electron chi connectivity index (χ4n) is 1.03. The first-order valence-electron chi connectivity index (χ1n) is 5.65. The first kappa shape index (κ1) is 14.7. The molecule has 96 valence electrons. The summed E-state index contributed by atoms with van der Waals surface area (Å²) in [5.41, 5.74) is 0. The van der Waals surface area contributed by atoms with E-state index < -0.39 is 0 Å². The molecule has 0 aliphatic heterocycles. The standard InChI is InChI=1S/C11H18BrN3OS/c1-4-5-13-11-14-6-9(12)10(15-11)17-8(3)7(2)16/h6-8,16H,4-5H2,1-3H3,(H,13,14,15). The maximum Gasteiger partial charge on any atom is 0.223 e. The first-order chi connectivity index (χ1) is 8.04. The van der Waals surface area contributed by atoms with Gasteiger partial charge < -0.3 is 10.4 Å². The lowest BCUT2D eigenvalue weighted by Crippen LogP contribution is -2.15. The number of hydrogen-bond donors (Lipinski definition) is 2. The monoisotopic (exact) mass is 319 g/mol. The minimum atomic E-state index is -0.367. The van der Waals surface area contributed by atoms with Gasteiger partial charge in [0.05, 0.1) is 10.6 Å². The number of aliphatic hydroxyl groups excluding tert-OH is 1. The Hall–Kier alpha value is -0.330. The minimum absolute atomic E-state index is 0.0974. The van der Waals surface area contributed by atoms with E-state index in [0.717, 1.165) is 22.5 Å². The number of aromatic nitrogens is 2. The van der Waals surface area contributed by atoms with Gasteiger partial charge in [-0.05, 0) is 29.3 Å². The molecule has 2 atom stereocenters. The van der Waals surface area contributed by atoms with Crippen molar-refractivity contribution in [2.45, 2.75) is 43.6 Å². The van der Waals surface area contributed by atoms with Crippen molar-refractivity contribution in [3.8, 4) is 0 Å². The van der Waals surface area contributed by atoms with Gasteiger partial charge in [-0.1, -0.05) is 25.6 Å². The summed E-state index contributed by atoms with van der Waals surface area (Å²) >= 11 is 4.96. The van der Waals surface area contributed by atoms with Crippen molar-refractivity contribution in [1.29, 1.82) is 0 Å². The van der Waals surface area contributed by atoms with Crippen LogP contribution in [0, 0.1) is 0 Å². The third kappa shape index (κ3) is 4.81. The van der Waals surface area contributed by atoms with Gasteiger partial charge in [0.2, 0.25) is 5.95 Å². The number of rotatable bonds is 6. The largest absolute Gasteiger partial charge is 0.392 e. The van der Waals surface area contributed by atoms with Gasteiger partial charge in [0.25, 0.3) is 0 Å². The van der Waals surface area contributed by atoms with Crippen molar-refractivity contribution in [2.75, 3.05) is 11.9 Å². The molecular formula is C11H18BrN3OS. The zero-order chi connectivity index (χ0) is 12.8. The second-order valence-electron chi connectivity index (χ2n) is 3.84. The molecule has 1 aromatic heterocycles. The second kappa shape index (κ2) is 7.18. The fourth-order valence-corrected chi connectivity index (χ4v) is 2.36. The lowest BCUT2D eigenvalue weighted by Gasteiger charge is -2.14. The van der Waals surface area contributed by atoms with Crippen molar-refractivity contribution in [3.05, 3.63) is 10.7 Å². The molecule has 0 radical (unpaired) electrons. The van der Waals surface area contributed by atoms with Crippen LogP contribution in [0.15, 0.2) is 15.7 Å². The van der Waals surface area contributed by atoms with E-state index in [1.54, 1.807) is 13.1 Å². The van der Waals surface area contributed by atoms with Gasteiger partial charge in [-0.3, -0.25) is 0 Å². The Kier molecular flexibility index (Phi) is 6.22. The van der Waals surface area contributed by atoms with Crippen LogP contribution in [0.4, 0.5) is 5.95 Å². The van der Waals surface area contributed by atoms with E-state index in [9.17, 15) is 5.11 Å². The Morgan fingerprint density at radius 1 is 1.53 bits per heavy atom. The molecule has 0 saturated heterocycles. The quantitative estimate of drug-likeness (QED) is 0.623. The topological polar surface area (TPSA) is 58.0 Å². The highest BCUT2D eigenvalue weighted by Gasteiger charge is 2.14. The Morgan fingerprint density at radius 3 is 2.82 bits per heavy atom. The molecule has 0 bridgehead atoms. The van der Waals surface area contributed by atoms with Gasteiger partial charge in [0.1, 0.15) is 5.03 Å². The molecule has 0 amide bonds. The smallest absolute Gasteiger partial charge is 0.223 e. The number of nitrogens with zero attached hydrogens (tertiary/aromatic N) is 2. The molecule has 0 fully saturated rings. The summed E-state index contributed by atoms with van der Waals surface area (Å²) in [5, 5.41) is 13.6. The van der Waals surface area contributed by atoms with E-state index in [1.165, 1.54) is 11.8 Å². The summed E-state index contributed by atoms with van der Waals surface area (Å²) in [6.45, 7) is 6.71. The van der Waals surface area contributed by atoms with E-state index in [1.807, 2.05) is 6.92 Å². The van der Waals surface area contributed by atoms with Crippen LogP contribution >= 0.6 is 27.7 Å². The summed E-state index contributed by atoms with van der Waals surface area (Å²) in [5.74, 6) is 0.635. The highest BCUT2D eigenvalue weighted by Crippen LogP contribution is 2.30. The predicted molar refractivity (Wildman–Crippen MR) is 75.5 cm³/mol. The van der Waals surface area contributed by atoms with Crippen LogP contribution in [0.2, 0.25) is 0 Å².